The van der Waals surface area contributed by atoms with E-state index in [1.165, 1.54) is 31.5 Å². The molecule has 5 rings (SSSR count). The molecule has 2 aliphatic heterocycles. The molecule has 0 radical (unpaired) electrons. The summed E-state index contributed by atoms with van der Waals surface area (Å²) in [7, 11) is 1.17. The largest absolute Gasteiger partial charge is 0.391 e. The van der Waals surface area contributed by atoms with Crippen LogP contribution in [0.3, 0.4) is 0 Å². The Labute approximate surface area is 370 Å². The molecule has 2 fully saturated rings. The van der Waals surface area contributed by atoms with Crippen molar-refractivity contribution in [1.29, 1.82) is 0 Å². The molecule has 8 atom stereocenters. The lowest BCUT2D eigenvalue weighted by atomic mass is 9.95. The Hall–Kier alpha value is -6.43. The second kappa shape index (κ2) is 21.3. The third-order valence-corrected chi connectivity index (χ3v) is 10.8. The number of benzene rings is 2. The van der Waals surface area contributed by atoms with Crippen molar-refractivity contribution in [2.24, 2.45) is 5.73 Å². The number of halogens is 1. The number of β-amino-alcohol motifs (C(OH)–C–C–N with tert-alkyl or cyclic N) is 1. The molecule has 3 heterocycles. The predicted molar refractivity (Wildman–Crippen MR) is 226 cm³/mol. The maximum atomic E-state index is 13.6. The fourth-order valence-electron chi connectivity index (χ4n) is 7.20. The number of nitrogens with one attached hydrogen (secondary N) is 6. The van der Waals surface area contributed by atoms with Crippen molar-refractivity contribution >= 4 is 76.0 Å². The average molecular weight is 912 g/mol. The summed E-state index contributed by atoms with van der Waals surface area (Å²) in [6.07, 6.45) is -6.04. The molecule has 1 aromatic heterocycles. The number of hydrogen-bond acceptors (Lipinski definition) is 13. The molecule has 2 aromatic carbocycles. The van der Waals surface area contributed by atoms with Crippen molar-refractivity contribution in [3.63, 3.8) is 0 Å². The van der Waals surface area contributed by atoms with Gasteiger partial charge in [-0.15, -0.1) is 0 Å². The standard InChI is InChI=1S/C41H50ClN9O13/c1-50-20-33(57)46-26(12-22-19-51(40(43)63)27-13-23(42)10-11-25(22)27)38(61)45-18-32(56)44-17-24(52)14-30(54)48-35(36(59)28(53)9-5-8-21-6-3-2-4-7-21)37(60)39(62)47-29-15-31(55)49-41(29,64)16-34(50)58/h2-8,10-11,13,19,24,26,28-29,35-37,52-53,59-60,64H,9,12,14-18,20H2,1H3,(H2,43,63)(H,44,56)(H,45,61)(H,46,57)(H,47,62)(H,48,54)(H,49,55). The van der Waals surface area contributed by atoms with Crippen molar-refractivity contribution < 1.29 is 63.9 Å². The molecule has 8 unspecified atom stereocenters. The highest BCUT2D eigenvalue weighted by Gasteiger charge is 2.49. The lowest BCUT2D eigenvalue weighted by Gasteiger charge is -2.34. The second-order valence-electron chi connectivity index (χ2n) is 15.5. The first-order valence-electron chi connectivity index (χ1n) is 20.0. The molecule has 64 heavy (non-hydrogen) atoms. The minimum atomic E-state index is -2.49. The zero-order chi connectivity index (χ0) is 46.9. The Balaban J connectivity index is 1.39. The Morgan fingerprint density at radius 3 is 2.34 bits per heavy atom. The van der Waals surface area contributed by atoms with Gasteiger partial charge >= 0.3 is 6.03 Å². The maximum Gasteiger partial charge on any atom is 0.323 e. The number of fused-ring (bicyclic) bond motifs is 2. The molecule has 8 amide bonds. The molecule has 2 saturated heterocycles. The van der Waals surface area contributed by atoms with Crippen LogP contribution in [0, 0.1) is 0 Å². The highest BCUT2D eigenvalue weighted by molar-refractivity contribution is 6.31. The Bertz CT molecular complexity index is 2290. The van der Waals surface area contributed by atoms with Crippen molar-refractivity contribution in [3.05, 3.63) is 77.0 Å². The van der Waals surface area contributed by atoms with Gasteiger partial charge in [-0.3, -0.25) is 38.1 Å². The minimum absolute atomic E-state index is 0.230. The number of nitrogens with zero attached hydrogens (tertiary/aromatic N) is 2. The van der Waals surface area contributed by atoms with Crippen LogP contribution in [-0.2, 0) is 40.0 Å². The molecule has 13 N–H and O–H groups in total. The van der Waals surface area contributed by atoms with Crippen molar-refractivity contribution in [3.8, 4) is 0 Å². The van der Waals surface area contributed by atoms with Gasteiger partial charge in [0.05, 0.1) is 62.2 Å². The van der Waals surface area contributed by atoms with Crippen LogP contribution in [-0.4, -0.2) is 157 Å². The number of amides is 8. The van der Waals surface area contributed by atoms with Crippen LogP contribution < -0.4 is 37.6 Å². The van der Waals surface area contributed by atoms with Crippen LogP contribution in [0.2, 0.25) is 5.02 Å². The third kappa shape index (κ3) is 12.6. The number of aliphatic hydroxyl groups excluding tert-OH is 4. The van der Waals surface area contributed by atoms with Crippen LogP contribution in [0.1, 0.15) is 36.8 Å². The van der Waals surface area contributed by atoms with Crippen LogP contribution in [0.4, 0.5) is 4.79 Å². The van der Waals surface area contributed by atoms with Gasteiger partial charge in [0.15, 0.2) is 11.8 Å². The van der Waals surface area contributed by atoms with Crippen LogP contribution >= 0.6 is 11.6 Å². The summed E-state index contributed by atoms with van der Waals surface area (Å²) >= 11 is 6.14. The van der Waals surface area contributed by atoms with Gasteiger partial charge in [-0.25, -0.2) is 4.79 Å². The summed E-state index contributed by atoms with van der Waals surface area (Å²) < 4.78 is 1.08. The molecule has 0 saturated carbocycles. The molecule has 0 spiro atoms. The number of aromatic nitrogens is 1. The van der Waals surface area contributed by atoms with E-state index in [1.54, 1.807) is 42.5 Å². The normalized spacial score (nSPS) is 26.0. The quantitative estimate of drug-likeness (QED) is 0.109. The van der Waals surface area contributed by atoms with Crippen LogP contribution in [0.15, 0.2) is 60.8 Å². The summed E-state index contributed by atoms with van der Waals surface area (Å²) in [4.78, 5) is 106. The summed E-state index contributed by atoms with van der Waals surface area (Å²) in [5, 5.41) is 70.1. The van der Waals surface area contributed by atoms with E-state index in [1.807, 2.05) is 0 Å². The van der Waals surface area contributed by atoms with Gasteiger partial charge in [-0.05, 0) is 29.7 Å². The van der Waals surface area contributed by atoms with Crippen molar-refractivity contribution in [2.75, 3.05) is 26.7 Å². The van der Waals surface area contributed by atoms with E-state index in [-0.39, 0.29) is 17.9 Å². The lowest BCUT2D eigenvalue weighted by molar-refractivity contribution is -0.145. The van der Waals surface area contributed by atoms with E-state index >= 15 is 0 Å². The molecule has 23 heteroatoms. The highest BCUT2D eigenvalue weighted by atomic mass is 35.5. The third-order valence-electron chi connectivity index (χ3n) is 10.6. The Morgan fingerprint density at radius 1 is 0.922 bits per heavy atom. The predicted octanol–water partition coefficient (Wildman–Crippen LogP) is -3.54. The van der Waals surface area contributed by atoms with E-state index in [0.29, 0.717) is 16.5 Å². The maximum absolute atomic E-state index is 13.6. The fourth-order valence-corrected chi connectivity index (χ4v) is 7.37. The number of likely N-dealkylation sites (N-methyl/N-ethyl adjacent to an activating group) is 1. The molecule has 22 nitrogen and oxygen atoms in total. The van der Waals surface area contributed by atoms with Gasteiger partial charge in [0.25, 0.3) is 5.91 Å². The summed E-state index contributed by atoms with van der Waals surface area (Å²) in [5.41, 5.74) is 4.46. The summed E-state index contributed by atoms with van der Waals surface area (Å²) in [6.45, 7) is -1.97. The van der Waals surface area contributed by atoms with Gasteiger partial charge in [-0.1, -0.05) is 60.2 Å². The number of nitrogens with two attached hydrogens (primary N) is 1. The average Bonchev–Trinajstić information content (AvgIpc) is 3.73. The lowest BCUT2D eigenvalue weighted by Crippen LogP contribution is -2.63. The van der Waals surface area contributed by atoms with Gasteiger partial charge in [-0.2, -0.15) is 0 Å². The number of primary amides is 1. The summed E-state index contributed by atoms with van der Waals surface area (Å²) in [5.74, 6) is -6.82. The monoisotopic (exact) mass is 911 g/mol. The number of carbonyl (C=O) groups is 8. The topological polar surface area (TPSA) is 344 Å². The molecule has 0 bridgehead atoms. The van der Waals surface area contributed by atoms with E-state index in [4.69, 9.17) is 17.3 Å². The smallest absolute Gasteiger partial charge is 0.323 e. The highest BCUT2D eigenvalue weighted by Crippen LogP contribution is 2.27. The molecular formula is C41H50ClN9O13. The van der Waals surface area contributed by atoms with Crippen LogP contribution in [0.25, 0.3) is 17.0 Å². The zero-order valence-corrected chi connectivity index (χ0v) is 35.2. The summed E-state index contributed by atoms with van der Waals surface area (Å²) in [6, 6.07) is 7.54. The van der Waals surface area contributed by atoms with E-state index < -0.39 is 135 Å². The van der Waals surface area contributed by atoms with Gasteiger partial charge in [0.2, 0.25) is 35.4 Å². The molecule has 344 valence electrons. The first-order chi connectivity index (χ1) is 30.2. The van der Waals surface area contributed by atoms with E-state index in [2.05, 4.69) is 31.9 Å². The Kier molecular flexibility index (Phi) is 16.2. The number of carbonyl (C=O) groups excluding carboxylic acids is 8. The molecular weight excluding hydrogens is 862 g/mol. The number of rotatable bonds is 7. The molecule has 0 aliphatic carbocycles. The number of hydrogen-bond donors (Lipinski definition) is 12. The number of aliphatic hydroxyl groups is 5. The van der Waals surface area contributed by atoms with Crippen molar-refractivity contribution in [2.45, 2.75) is 80.4 Å². The Morgan fingerprint density at radius 2 is 1.64 bits per heavy atom. The SMILES string of the molecule is CN1CC(=O)NC(Cc2cn(C(N)=O)c3cc(Cl)ccc23)C(=O)NCC(=O)NCC(O)CC(=O)NC(C(O)C(O)CC=Cc2ccccc2)C(O)C(=O)NC2CC(=O)NC2(O)CC1=O. The van der Waals surface area contributed by atoms with E-state index in [9.17, 15) is 63.9 Å². The van der Waals surface area contributed by atoms with Crippen molar-refractivity contribution in [1.82, 2.24) is 41.4 Å². The minimum Gasteiger partial charge on any atom is -0.391 e. The zero-order valence-electron chi connectivity index (χ0n) is 34.4. The second-order valence-corrected chi connectivity index (χ2v) is 16.0. The first kappa shape index (κ1) is 48.6. The van der Waals surface area contributed by atoms with E-state index in [0.717, 1.165) is 15.0 Å². The van der Waals surface area contributed by atoms with Gasteiger partial charge in [0, 0.05) is 36.6 Å². The van der Waals surface area contributed by atoms with Gasteiger partial charge in [0.1, 0.15) is 12.1 Å². The molecule has 2 aliphatic rings. The molecule has 3 aromatic rings. The van der Waals surface area contributed by atoms with Gasteiger partial charge < -0.3 is 68.1 Å². The first-order valence-corrected chi connectivity index (χ1v) is 20.4. The van der Waals surface area contributed by atoms with Crippen LogP contribution in [0.5, 0.6) is 0 Å². The fraction of sp³-hybridized carbons (Fsp3) is 0.415.